The van der Waals surface area contributed by atoms with E-state index in [2.05, 4.69) is 31.5 Å². The number of imidazole rings is 2. The zero-order valence-electron chi connectivity index (χ0n) is 11.7. The lowest BCUT2D eigenvalue weighted by molar-refractivity contribution is 0.956. The Morgan fingerprint density at radius 2 is 2.00 bits per heavy atom. The molecule has 0 saturated carbocycles. The quantitative estimate of drug-likeness (QED) is 0.543. The Balaban J connectivity index is 1.50. The van der Waals surface area contributed by atoms with Crippen LogP contribution in [0.5, 0.6) is 0 Å². The highest BCUT2D eigenvalue weighted by molar-refractivity contribution is 7.98. The van der Waals surface area contributed by atoms with Crippen LogP contribution in [0.3, 0.4) is 0 Å². The van der Waals surface area contributed by atoms with Gasteiger partial charge in [0, 0.05) is 30.5 Å². The lowest BCUT2D eigenvalue weighted by Gasteiger charge is -2.04. The molecule has 0 aliphatic rings. The van der Waals surface area contributed by atoms with Crippen LogP contribution >= 0.6 is 11.8 Å². The van der Waals surface area contributed by atoms with Gasteiger partial charge in [0.2, 0.25) is 0 Å². The number of rotatable bonds is 4. The Labute approximate surface area is 131 Å². The van der Waals surface area contributed by atoms with Gasteiger partial charge < -0.3 is 0 Å². The normalized spacial score (nSPS) is 11.1. The maximum atomic E-state index is 4.47. The molecule has 5 nitrogen and oxygen atoms in total. The van der Waals surface area contributed by atoms with Crippen molar-refractivity contribution in [3.63, 3.8) is 0 Å². The van der Waals surface area contributed by atoms with Crippen LogP contribution in [0.15, 0.2) is 72.8 Å². The van der Waals surface area contributed by atoms with Crippen molar-refractivity contribution < 1.29 is 0 Å². The van der Waals surface area contributed by atoms with Crippen molar-refractivity contribution in [1.29, 1.82) is 0 Å². The first-order valence-electron chi connectivity index (χ1n) is 6.88. The number of fused-ring (bicyclic) bond motifs is 1. The minimum absolute atomic E-state index is 0.839. The first-order chi connectivity index (χ1) is 10.9. The van der Waals surface area contributed by atoms with Crippen molar-refractivity contribution >= 4 is 17.3 Å². The first-order valence-corrected chi connectivity index (χ1v) is 7.87. The molecule has 0 amide bonds. The van der Waals surface area contributed by atoms with Crippen molar-refractivity contribution in [2.45, 2.75) is 10.9 Å². The first kappa shape index (κ1) is 13.1. The predicted octanol–water partition coefficient (Wildman–Crippen LogP) is 3.21. The number of aromatic nitrogens is 5. The summed E-state index contributed by atoms with van der Waals surface area (Å²) in [5, 5.41) is 0.995. The number of nitrogens with zero attached hydrogens (tertiary/aromatic N) is 5. The lowest BCUT2D eigenvalue weighted by Crippen LogP contribution is -1.95. The van der Waals surface area contributed by atoms with Gasteiger partial charge in [-0.25, -0.2) is 15.0 Å². The molecule has 0 aromatic carbocycles. The second kappa shape index (κ2) is 5.65. The van der Waals surface area contributed by atoms with Crippen LogP contribution in [0.2, 0.25) is 0 Å². The molecule has 22 heavy (non-hydrogen) atoms. The summed E-state index contributed by atoms with van der Waals surface area (Å²) in [6, 6.07) is 10.2. The molecule has 6 heteroatoms. The summed E-state index contributed by atoms with van der Waals surface area (Å²) in [6.45, 7) is 0. The average molecular weight is 307 g/mol. The highest BCUT2D eigenvalue weighted by atomic mass is 32.2. The van der Waals surface area contributed by atoms with Crippen molar-refractivity contribution in [2.24, 2.45) is 0 Å². The molecule has 4 rings (SSSR count). The van der Waals surface area contributed by atoms with Gasteiger partial charge in [0.1, 0.15) is 12.1 Å². The van der Waals surface area contributed by atoms with E-state index in [-0.39, 0.29) is 0 Å². The zero-order valence-corrected chi connectivity index (χ0v) is 12.5. The summed E-state index contributed by atoms with van der Waals surface area (Å²) >= 11 is 1.71. The number of hydrogen-bond donors (Lipinski definition) is 0. The number of thioether (sulfide) groups is 1. The van der Waals surface area contributed by atoms with Gasteiger partial charge in [0.05, 0.1) is 11.7 Å². The largest absolute Gasteiger partial charge is 0.295 e. The fraction of sp³-hybridized carbons (Fsp3) is 0.0625. The molecule has 4 heterocycles. The zero-order chi connectivity index (χ0) is 14.8. The van der Waals surface area contributed by atoms with Crippen molar-refractivity contribution in [3.05, 3.63) is 73.2 Å². The second-order valence-corrected chi connectivity index (χ2v) is 5.76. The molecule has 4 aromatic rings. The summed E-state index contributed by atoms with van der Waals surface area (Å²) in [6.07, 6.45) is 11.2. The van der Waals surface area contributed by atoms with E-state index in [9.17, 15) is 0 Å². The molecule has 0 aliphatic heterocycles. The molecule has 0 saturated heterocycles. The third-order valence-corrected chi connectivity index (χ3v) is 4.39. The standard InChI is InChI=1S/C16H13N5S/c1-2-7-21-14(3-1)10-19-16(21)22-11-13-4-5-15(18-9-13)20-8-6-17-12-20/h1-10,12H,11H2. The monoisotopic (exact) mass is 307 g/mol. The molecule has 0 N–H and O–H groups in total. The third-order valence-electron chi connectivity index (χ3n) is 3.35. The van der Waals surface area contributed by atoms with Crippen molar-refractivity contribution in [2.75, 3.05) is 0 Å². The van der Waals surface area contributed by atoms with Crippen LogP contribution in [-0.2, 0) is 5.75 Å². The summed E-state index contributed by atoms with van der Waals surface area (Å²) in [7, 11) is 0. The summed E-state index contributed by atoms with van der Waals surface area (Å²) in [5.41, 5.74) is 2.28. The van der Waals surface area contributed by atoms with Crippen molar-refractivity contribution in [1.82, 2.24) is 23.9 Å². The van der Waals surface area contributed by atoms with Crippen LogP contribution in [0, 0.1) is 0 Å². The van der Waals surface area contributed by atoms with Gasteiger partial charge in [0.15, 0.2) is 5.16 Å². The molecule has 0 aliphatic carbocycles. The SMILES string of the molecule is c1ccn2c(SCc3ccc(-n4ccnc4)nc3)ncc2c1. The fourth-order valence-electron chi connectivity index (χ4n) is 2.22. The predicted molar refractivity (Wildman–Crippen MR) is 86.1 cm³/mol. The lowest BCUT2D eigenvalue weighted by atomic mass is 10.3. The van der Waals surface area contributed by atoms with E-state index in [1.165, 1.54) is 5.56 Å². The summed E-state index contributed by atoms with van der Waals surface area (Å²) in [5.74, 6) is 1.71. The average Bonchev–Trinajstić information content (AvgIpc) is 3.23. The maximum absolute atomic E-state index is 4.47. The highest BCUT2D eigenvalue weighted by Gasteiger charge is 2.04. The molecule has 0 atom stereocenters. The van der Waals surface area contributed by atoms with Gasteiger partial charge in [-0.05, 0) is 23.8 Å². The molecular weight excluding hydrogens is 294 g/mol. The molecule has 108 valence electrons. The Kier molecular flexibility index (Phi) is 3.36. The highest BCUT2D eigenvalue weighted by Crippen LogP contribution is 2.22. The van der Waals surface area contributed by atoms with Gasteiger partial charge in [-0.2, -0.15) is 0 Å². The van der Waals surface area contributed by atoms with Crippen LogP contribution in [0.25, 0.3) is 11.3 Å². The van der Waals surface area contributed by atoms with Gasteiger partial charge in [-0.15, -0.1) is 0 Å². The molecule has 4 aromatic heterocycles. The number of hydrogen-bond acceptors (Lipinski definition) is 4. The van der Waals surface area contributed by atoms with Gasteiger partial charge in [-0.3, -0.25) is 8.97 Å². The fourth-order valence-corrected chi connectivity index (χ4v) is 3.12. The molecule has 0 radical (unpaired) electrons. The van der Waals surface area contributed by atoms with Gasteiger partial charge >= 0.3 is 0 Å². The molecule has 0 spiro atoms. The van der Waals surface area contributed by atoms with Crippen LogP contribution in [0.1, 0.15) is 5.56 Å². The van der Waals surface area contributed by atoms with E-state index in [1.807, 2.05) is 47.6 Å². The van der Waals surface area contributed by atoms with E-state index < -0.39 is 0 Å². The van der Waals surface area contributed by atoms with Crippen LogP contribution in [-0.4, -0.2) is 23.9 Å². The van der Waals surface area contributed by atoms with E-state index in [0.29, 0.717) is 0 Å². The second-order valence-electron chi connectivity index (χ2n) is 4.82. The van der Waals surface area contributed by atoms with Crippen LogP contribution < -0.4 is 0 Å². The molecular formula is C16H13N5S. The minimum atomic E-state index is 0.839. The van der Waals surface area contributed by atoms with E-state index >= 15 is 0 Å². The Morgan fingerprint density at radius 1 is 1.00 bits per heavy atom. The third kappa shape index (κ3) is 2.48. The van der Waals surface area contributed by atoms with E-state index in [4.69, 9.17) is 0 Å². The summed E-state index contributed by atoms with van der Waals surface area (Å²) < 4.78 is 3.98. The molecule has 0 fully saturated rings. The minimum Gasteiger partial charge on any atom is -0.295 e. The smallest absolute Gasteiger partial charge is 0.172 e. The van der Waals surface area contributed by atoms with Gasteiger partial charge in [0.25, 0.3) is 0 Å². The van der Waals surface area contributed by atoms with E-state index in [0.717, 1.165) is 22.2 Å². The van der Waals surface area contributed by atoms with Crippen LogP contribution in [0.4, 0.5) is 0 Å². The Hall–Kier alpha value is -2.60. The molecule has 0 bridgehead atoms. The topological polar surface area (TPSA) is 48.0 Å². The van der Waals surface area contributed by atoms with E-state index in [1.54, 1.807) is 24.3 Å². The summed E-state index contributed by atoms with van der Waals surface area (Å²) in [4.78, 5) is 13.0. The molecule has 0 unspecified atom stereocenters. The number of pyridine rings is 2. The van der Waals surface area contributed by atoms with Gasteiger partial charge in [-0.1, -0.05) is 23.9 Å². The van der Waals surface area contributed by atoms with Crippen molar-refractivity contribution in [3.8, 4) is 5.82 Å². The Morgan fingerprint density at radius 3 is 2.82 bits per heavy atom. The maximum Gasteiger partial charge on any atom is 0.172 e. The Bertz CT molecular complexity index is 880.